The van der Waals surface area contributed by atoms with E-state index in [-0.39, 0.29) is 18.3 Å². The van der Waals surface area contributed by atoms with Gasteiger partial charge in [-0.05, 0) is 37.2 Å². The first-order valence-corrected chi connectivity index (χ1v) is 11.8. The molecule has 7 atom stereocenters. The lowest BCUT2D eigenvalue weighted by molar-refractivity contribution is -0.159. The molecule has 2 aliphatic carbocycles. The van der Waals surface area contributed by atoms with Crippen LogP contribution < -0.4 is 0 Å². The van der Waals surface area contributed by atoms with E-state index in [2.05, 4.69) is 6.92 Å². The van der Waals surface area contributed by atoms with Crippen molar-refractivity contribution in [3.8, 4) is 0 Å². The topological polar surface area (TPSA) is 115 Å². The fourth-order valence-electron chi connectivity index (χ4n) is 5.91. The lowest BCUT2D eigenvalue weighted by Crippen LogP contribution is -2.60. The summed E-state index contributed by atoms with van der Waals surface area (Å²) < 4.78 is 0. The molecule has 0 aromatic heterocycles. The number of hydrogen-bond acceptors (Lipinski definition) is 6. The zero-order chi connectivity index (χ0) is 23.3. The predicted octanol–water partition coefficient (Wildman–Crippen LogP) is 4.41. The van der Waals surface area contributed by atoms with Crippen LogP contribution in [0.15, 0.2) is 23.7 Å². The standard InChI is InChI=1S/C25H40O6/c1-5-6-7-8-9-10-11-15(2)20-24(31)23(30)19-21(17(27)14-16(3)22(19)29)25(20,4)18(28)12-13-26/h12-13,15-17,19,21-22,26-27,29,31H,5-11,14H2,1-4H3/b13-12+/t15-,16-,17+,19+,21-,22-,25-/m1/s1. The van der Waals surface area contributed by atoms with Crippen LogP contribution in [0, 0.1) is 29.1 Å². The van der Waals surface area contributed by atoms with Gasteiger partial charge in [0.25, 0.3) is 0 Å². The summed E-state index contributed by atoms with van der Waals surface area (Å²) in [6.45, 7) is 7.45. The number of rotatable bonds is 10. The summed E-state index contributed by atoms with van der Waals surface area (Å²) in [5.74, 6) is -4.01. The van der Waals surface area contributed by atoms with Crippen molar-refractivity contribution in [1.29, 1.82) is 0 Å². The van der Waals surface area contributed by atoms with Crippen molar-refractivity contribution in [2.75, 3.05) is 0 Å². The van der Waals surface area contributed by atoms with Crippen LogP contribution in [0.5, 0.6) is 0 Å². The molecule has 6 nitrogen and oxygen atoms in total. The summed E-state index contributed by atoms with van der Waals surface area (Å²) in [6, 6.07) is 0. The van der Waals surface area contributed by atoms with E-state index in [4.69, 9.17) is 0 Å². The second kappa shape index (κ2) is 10.8. The Labute approximate surface area is 186 Å². The molecule has 0 unspecified atom stereocenters. The van der Waals surface area contributed by atoms with E-state index in [1.807, 2.05) is 6.92 Å². The monoisotopic (exact) mass is 436 g/mol. The molecular formula is C25H40O6. The Morgan fingerprint density at radius 1 is 1.19 bits per heavy atom. The summed E-state index contributed by atoms with van der Waals surface area (Å²) >= 11 is 0. The maximum Gasteiger partial charge on any atom is 0.203 e. The Hall–Kier alpha value is -1.66. The zero-order valence-electron chi connectivity index (χ0n) is 19.4. The van der Waals surface area contributed by atoms with E-state index in [9.17, 15) is 30.0 Å². The second-order valence-corrected chi connectivity index (χ2v) is 9.79. The van der Waals surface area contributed by atoms with Gasteiger partial charge in [0.05, 0.1) is 29.8 Å². The molecule has 2 aliphatic rings. The molecule has 0 spiro atoms. The van der Waals surface area contributed by atoms with Crippen LogP contribution in [0.2, 0.25) is 0 Å². The van der Waals surface area contributed by atoms with Crippen LogP contribution in [0.25, 0.3) is 0 Å². The van der Waals surface area contributed by atoms with Gasteiger partial charge in [0.2, 0.25) is 5.78 Å². The lowest BCUT2D eigenvalue weighted by atomic mass is 9.50. The van der Waals surface area contributed by atoms with E-state index >= 15 is 0 Å². The number of ketones is 2. The van der Waals surface area contributed by atoms with Crippen molar-refractivity contribution in [3.63, 3.8) is 0 Å². The molecule has 0 aliphatic heterocycles. The van der Waals surface area contributed by atoms with E-state index in [1.54, 1.807) is 13.8 Å². The Bertz CT molecular complexity index is 711. The normalized spacial score (nSPS) is 34.8. The highest BCUT2D eigenvalue weighted by atomic mass is 16.3. The number of allylic oxidation sites excluding steroid dienone is 3. The number of unbranched alkanes of at least 4 members (excludes halogenated alkanes) is 5. The summed E-state index contributed by atoms with van der Waals surface area (Å²) in [5, 5.41) is 41.9. The first kappa shape index (κ1) is 25.6. The summed E-state index contributed by atoms with van der Waals surface area (Å²) in [5.41, 5.74) is -1.06. The molecule has 31 heavy (non-hydrogen) atoms. The van der Waals surface area contributed by atoms with Crippen molar-refractivity contribution in [3.05, 3.63) is 23.7 Å². The molecule has 4 N–H and O–H groups in total. The second-order valence-electron chi connectivity index (χ2n) is 9.79. The number of aliphatic hydroxyl groups is 4. The first-order valence-electron chi connectivity index (χ1n) is 11.8. The third-order valence-corrected chi connectivity index (χ3v) is 7.60. The molecule has 176 valence electrons. The zero-order valence-corrected chi connectivity index (χ0v) is 19.4. The van der Waals surface area contributed by atoms with Crippen molar-refractivity contribution < 1.29 is 30.0 Å². The molecule has 0 radical (unpaired) electrons. The molecule has 0 aromatic carbocycles. The van der Waals surface area contributed by atoms with Gasteiger partial charge < -0.3 is 20.4 Å². The third-order valence-electron chi connectivity index (χ3n) is 7.60. The molecule has 1 fully saturated rings. The quantitative estimate of drug-likeness (QED) is 0.229. The SMILES string of the molecule is CCCCCCCC[C@@H](C)C1=C(O)C(=O)[C@@H]2[C@H](O)[C@H](C)C[C@H](O)[C@H]2[C@]1(C)C(=O)/C=C/O. The van der Waals surface area contributed by atoms with E-state index in [0.29, 0.717) is 18.3 Å². The highest BCUT2D eigenvalue weighted by molar-refractivity contribution is 6.04. The Morgan fingerprint density at radius 3 is 2.42 bits per heavy atom. The minimum atomic E-state index is -1.38. The minimum absolute atomic E-state index is 0.249. The van der Waals surface area contributed by atoms with Gasteiger partial charge in [0.15, 0.2) is 11.5 Å². The highest BCUT2D eigenvalue weighted by Crippen LogP contribution is 2.55. The average molecular weight is 437 g/mol. The Kier molecular flexibility index (Phi) is 8.90. The number of carbonyl (C=O) groups is 2. The summed E-state index contributed by atoms with van der Waals surface area (Å²) in [6.07, 6.45) is 7.26. The van der Waals surface area contributed by atoms with Crippen LogP contribution in [-0.4, -0.2) is 44.2 Å². The largest absolute Gasteiger partial charge is 0.515 e. The molecule has 0 saturated heterocycles. The van der Waals surface area contributed by atoms with Gasteiger partial charge in [0.1, 0.15) is 0 Å². The van der Waals surface area contributed by atoms with Crippen LogP contribution in [0.3, 0.4) is 0 Å². The van der Waals surface area contributed by atoms with Crippen LogP contribution in [-0.2, 0) is 9.59 Å². The van der Waals surface area contributed by atoms with Crippen molar-refractivity contribution >= 4 is 11.6 Å². The number of fused-ring (bicyclic) bond motifs is 1. The van der Waals surface area contributed by atoms with Crippen molar-refractivity contribution in [2.45, 2.75) is 91.3 Å². The smallest absolute Gasteiger partial charge is 0.203 e. The van der Waals surface area contributed by atoms with Gasteiger partial charge in [0, 0.05) is 12.0 Å². The number of carbonyl (C=O) groups excluding carboxylic acids is 2. The van der Waals surface area contributed by atoms with E-state index in [1.165, 1.54) is 19.3 Å². The van der Waals surface area contributed by atoms with Gasteiger partial charge in [-0.2, -0.15) is 0 Å². The molecule has 1 saturated carbocycles. The van der Waals surface area contributed by atoms with Crippen molar-refractivity contribution in [2.24, 2.45) is 29.1 Å². The predicted molar refractivity (Wildman–Crippen MR) is 119 cm³/mol. The molecule has 0 bridgehead atoms. The number of aliphatic hydroxyl groups excluding tert-OH is 4. The van der Waals surface area contributed by atoms with Crippen molar-refractivity contribution in [1.82, 2.24) is 0 Å². The maximum absolute atomic E-state index is 13.2. The molecule has 2 rings (SSSR count). The first-order chi connectivity index (χ1) is 14.6. The van der Waals surface area contributed by atoms with Crippen LogP contribution >= 0.6 is 0 Å². The average Bonchev–Trinajstić information content (AvgIpc) is 2.71. The van der Waals surface area contributed by atoms with E-state index < -0.39 is 46.8 Å². The molecule has 0 heterocycles. The highest BCUT2D eigenvalue weighted by Gasteiger charge is 2.61. The number of hydrogen-bond donors (Lipinski definition) is 4. The Morgan fingerprint density at radius 2 is 1.81 bits per heavy atom. The molecule has 0 aromatic rings. The van der Waals surface area contributed by atoms with Gasteiger partial charge in [-0.15, -0.1) is 0 Å². The molecular weight excluding hydrogens is 396 g/mol. The van der Waals surface area contributed by atoms with Gasteiger partial charge in [-0.1, -0.05) is 59.3 Å². The molecule has 6 heteroatoms. The lowest BCUT2D eigenvalue weighted by Gasteiger charge is -2.53. The summed E-state index contributed by atoms with van der Waals surface area (Å²) in [4.78, 5) is 26.4. The van der Waals surface area contributed by atoms with Crippen LogP contribution in [0.4, 0.5) is 0 Å². The fraction of sp³-hybridized carbons (Fsp3) is 0.760. The van der Waals surface area contributed by atoms with Gasteiger partial charge in [-0.25, -0.2) is 0 Å². The number of Topliss-reactive ketones (excluding diaryl/α,β-unsaturated/α-hetero) is 1. The minimum Gasteiger partial charge on any atom is -0.515 e. The third kappa shape index (κ3) is 4.90. The molecule has 0 amide bonds. The van der Waals surface area contributed by atoms with E-state index in [0.717, 1.165) is 25.3 Å². The van der Waals surface area contributed by atoms with Gasteiger partial charge >= 0.3 is 0 Å². The Balaban J connectivity index is 2.42. The van der Waals surface area contributed by atoms with Crippen LogP contribution in [0.1, 0.15) is 79.1 Å². The maximum atomic E-state index is 13.2. The summed E-state index contributed by atoms with van der Waals surface area (Å²) in [7, 11) is 0. The van der Waals surface area contributed by atoms with Gasteiger partial charge in [-0.3, -0.25) is 9.59 Å². The fourth-order valence-corrected chi connectivity index (χ4v) is 5.91.